The van der Waals surface area contributed by atoms with Crippen molar-refractivity contribution in [1.82, 2.24) is 5.32 Å². The third-order valence-corrected chi connectivity index (χ3v) is 20.7. The molecule has 0 aromatic heterocycles. The standard InChI is InChI=1S/C82H157NO13/c1-3-5-7-9-11-13-15-17-19-21-23-25-27-29-31-33-35-37-39-41-43-45-47-49-51-53-55-57-59-61-63-65-71(86)70(69-93-81-79(92)77(90)80(73(68-85)95-81)96-82-78(91)76(89)75(88)72(67-84)94-82)83-74(87)66-64-62-60-58-56-54-52-50-48-46-44-42-40-38-36-34-32-30-28-26-24-22-20-18-16-14-12-10-8-6-4-2/h16,18,22,24,70-73,75-82,84-86,88-92H,3-15,17,19-21,23,25-69H2,1-2H3,(H,83,87)/b18-16-,24-22-. The van der Waals surface area contributed by atoms with Gasteiger partial charge in [-0.3, -0.25) is 4.79 Å². The molecule has 12 unspecified atom stereocenters. The number of unbranched alkanes of at least 4 members (excludes halogenated alkanes) is 54. The SMILES string of the molecule is CCCCCCC/C=C\C/C=C\CCCCCCCCCCCCCCCCCCCCCC(=O)NC(COC1OC(CO)C(OC2OC(CO)C(O)C(O)C2O)C(O)C1O)C(O)CCCCCCCCCCCCCCCCCCCCCCCCCCCCCCCCC. The van der Waals surface area contributed by atoms with Crippen LogP contribution >= 0.6 is 0 Å². The molecule has 12 atom stereocenters. The number of ether oxygens (including phenoxy) is 4. The number of hydrogen-bond donors (Lipinski definition) is 9. The van der Waals surface area contributed by atoms with Gasteiger partial charge in [-0.25, -0.2) is 0 Å². The van der Waals surface area contributed by atoms with Crippen LogP contribution < -0.4 is 5.32 Å². The number of rotatable bonds is 71. The van der Waals surface area contributed by atoms with Gasteiger partial charge in [0.1, 0.15) is 48.8 Å². The van der Waals surface area contributed by atoms with Crippen molar-refractivity contribution in [2.24, 2.45) is 0 Å². The molecule has 0 radical (unpaired) electrons. The minimum absolute atomic E-state index is 0.197. The highest BCUT2D eigenvalue weighted by atomic mass is 16.7. The van der Waals surface area contributed by atoms with Crippen molar-refractivity contribution in [1.29, 1.82) is 0 Å². The van der Waals surface area contributed by atoms with Crippen LogP contribution in [0.25, 0.3) is 0 Å². The molecule has 2 saturated heterocycles. The van der Waals surface area contributed by atoms with Crippen molar-refractivity contribution in [3.05, 3.63) is 24.3 Å². The second-order valence-corrected chi connectivity index (χ2v) is 29.6. The van der Waals surface area contributed by atoms with Crippen LogP contribution in [0.3, 0.4) is 0 Å². The van der Waals surface area contributed by atoms with E-state index in [9.17, 15) is 45.6 Å². The van der Waals surface area contributed by atoms with Gasteiger partial charge in [-0.05, 0) is 44.9 Å². The fraction of sp³-hybridized carbons (Fsp3) is 0.939. The van der Waals surface area contributed by atoms with Gasteiger partial charge in [0.05, 0.1) is 32.0 Å². The number of carbonyl (C=O) groups excluding carboxylic acids is 1. The van der Waals surface area contributed by atoms with Gasteiger partial charge >= 0.3 is 0 Å². The molecule has 2 rings (SSSR count). The largest absolute Gasteiger partial charge is 0.394 e. The Kier molecular flexibility index (Phi) is 62.9. The number of aliphatic hydroxyl groups excluding tert-OH is 8. The summed E-state index contributed by atoms with van der Waals surface area (Å²) < 4.78 is 23.0. The summed E-state index contributed by atoms with van der Waals surface area (Å²) in [5, 5.41) is 87.9. The second-order valence-electron chi connectivity index (χ2n) is 29.6. The first-order chi connectivity index (χ1) is 47.1. The molecule has 2 heterocycles. The molecule has 0 bridgehead atoms. The Morgan fingerprint density at radius 2 is 0.688 bits per heavy atom. The molecule has 0 aromatic carbocycles. The lowest BCUT2D eigenvalue weighted by Gasteiger charge is -2.46. The van der Waals surface area contributed by atoms with E-state index < -0.39 is 86.8 Å². The van der Waals surface area contributed by atoms with Gasteiger partial charge in [0, 0.05) is 6.42 Å². The van der Waals surface area contributed by atoms with E-state index in [1.807, 2.05) is 0 Å². The predicted molar refractivity (Wildman–Crippen MR) is 397 cm³/mol. The van der Waals surface area contributed by atoms with Gasteiger partial charge in [0.15, 0.2) is 12.6 Å². The van der Waals surface area contributed by atoms with Gasteiger partial charge in [-0.15, -0.1) is 0 Å². The Morgan fingerprint density at radius 1 is 0.375 bits per heavy atom. The maximum atomic E-state index is 13.4. The first kappa shape index (κ1) is 90.6. The van der Waals surface area contributed by atoms with Crippen LogP contribution in [0.1, 0.15) is 399 Å². The van der Waals surface area contributed by atoms with E-state index >= 15 is 0 Å². The summed E-state index contributed by atoms with van der Waals surface area (Å²) in [4.78, 5) is 13.4. The maximum absolute atomic E-state index is 13.4. The van der Waals surface area contributed by atoms with E-state index in [-0.39, 0.29) is 12.5 Å². The van der Waals surface area contributed by atoms with Crippen molar-refractivity contribution in [3.63, 3.8) is 0 Å². The normalized spacial score (nSPS) is 22.3. The molecular formula is C82H157NO13. The highest BCUT2D eigenvalue weighted by Gasteiger charge is 2.51. The second kappa shape index (κ2) is 66.7. The zero-order valence-electron chi connectivity index (χ0n) is 62.4. The average molecular weight is 1370 g/mol. The molecule has 2 fully saturated rings. The zero-order chi connectivity index (χ0) is 69.4. The van der Waals surface area contributed by atoms with E-state index in [2.05, 4.69) is 43.5 Å². The molecule has 1 amide bonds. The smallest absolute Gasteiger partial charge is 0.220 e. The van der Waals surface area contributed by atoms with Gasteiger partial charge in [-0.1, -0.05) is 372 Å². The number of hydrogen-bond acceptors (Lipinski definition) is 13. The lowest BCUT2D eigenvalue weighted by Crippen LogP contribution is -2.65. The molecule has 0 aromatic rings. The Labute approximate surface area is 589 Å². The third kappa shape index (κ3) is 49.1. The molecule has 2 aliphatic rings. The van der Waals surface area contributed by atoms with Gasteiger partial charge in [0.25, 0.3) is 0 Å². The topological polar surface area (TPSA) is 228 Å². The molecule has 0 aliphatic carbocycles. The Morgan fingerprint density at radius 3 is 1.04 bits per heavy atom. The predicted octanol–water partition coefficient (Wildman–Crippen LogP) is 19.0. The summed E-state index contributed by atoms with van der Waals surface area (Å²) in [5.41, 5.74) is 0. The van der Waals surface area contributed by atoms with Gasteiger partial charge < -0.3 is 65.1 Å². The molecule has 14 nitrogen and oxygen atoms in total. The van der Waals surface area contributed by atoms with E-state index in [4.69, 9.17) is 18.9 Å². The molecule has 9 N–H and O–H groups in total. The third-order valence-electron chi connectivity index (χ3n) is 20.7. The Hall–Kier alpha value is -1.53. The number of amides is 1. The fourth-order valence-electron chi connectivity index (χ4n) is 14.1. The summed E-state index contributed by atoms with van der Waals surface area (Å²) >= 11 is 0. The van der Waals surface area contributed by atoms with Crippen LogP contribution in [-0.4, -0.2) is 140 Å². The van der Waals surface area contributed by atoms with Crippen molar-refractivity contribution in [2.75, 3.05) is 19.8 Å². The summed E-state index contributed by atoms with van der Waals surface area (Å²) in [6.45, 7) is 2.93. The number of carbonyl (C=O) groups is 1. The van der Waals surface area contributed by atoms with E-state index in [0.717, 1.165) is 57.8 Å². The maximum Gasteiger partial charge on any atom is 0.220 e. The van der Waals surface area contributed by atoms with Crippen molar-refractivity contribution in [3.8, 4) is 0 Å². The van der Waals surface area contributed by atoms with Crippen molar-refractivity contribution in [2.45, 2.75) is 473 Å². The molecule has 2 aliphatic heterocycles. The van der Waals surface area contributed by atoms with Crippen molar-refractivity contribution >= 4 is 5.91 Å². The van der Waals surface area contributed by atoms with E-state index in [0.29, 0.717) is 12.8 Å². The zero-order valence-corrected chi connectivity index (χ0v) is 62.4. The average Bonchev–Trinajstić information content (AvgIpc) is 0.797. The van der Waals surface area contributed by atoms with Gasteiger partial charge in [-0.2, -0.15) is 0 Å². The lowest BCUT2D eigenvalue weighted by molar-refractivity contribution is -0.359. The summed E-state index contributed by atoms with van der Waals surface area (Å²) in [6.07, 6.45) is 69.4. The number of nitrogens with one attached hydrogen (secondary N) is 1. The first-order valence-electron chi connectivity index (χ1n) is 41.6. The number of allylic oxidation sites excluding steroid dienone is 4. The van der Waals surface area contributed by atoms with Crippen LogP contribution in [0.15, 0.2) is 24.3 Å². The van der Waals surface area contributed by atoms with Crippen LogP contribution in [0.2, 0.25) is 0 Å². The summed E-state index contributed by atoms with van der Waals surface area (Å²) in [5.74, 6) is -0.197. The van der Waals surface area contributed by atoms with Crippen LogP contribution in [-0.2, 0) is 23.7 Å². The molecular weight excluding hydrogens is 1210 g/mol. The lowest BCUT2D eigenvalue weighted by atomic mass is 9.97. The highest BCUT2D eigenvalue weighted by molar-refractivity contribution is 5.76. The number of aliphatic hydroxyl groups is 8. The minimum Gasteiger partial charge on any atom is -0.394 e. The molecule has 0 saturated carbocycles. The van der Waals surface area contributed by atoms with Crippen LogP contribution in [0.5, 0.6) is 0 Å². The monoisotopic (exact) mass is 1360 g/mol. The van der Waals surface area contributed by atoms with Crippen molar-refractivity contribution < 1.29 is 64.6 Å². The molecule has 568 valence electrons. The Balaban J connectivity index is 1.59. The fourth-order valence-corrected chi connectivity index (χ4v) is 14.1. The molecule has 0 spiro atoms. The van der Waals surface area contributed by atoms with Crippen LogP contribution in [0.4, 0.5) is 0 Å². The van der Waals surface area contributed by atoms with Crippen LogP contribution in [0, 0.1) is 0 Å². The summed E-state index contributed by atoms with van der Waals surface area (Å²) in [7, 11) is 0. The van der Waals surface area contributed by atoms with Gasteiger partial charge in [0.2, 0.25) is 5.91 Å². The quantitative estimate of drug-likeness (QED) is 0.0204. The molecule has 96 heavy (non-hydrogen) atoms. The van der Waals surface area contributed by atoms with E-state index in [1.165, 1.54) is 315 Å². The summed E-state index contributed by atoms with van der Waals surface area (Å²) in [6, 6.07) is -0.829. The van der Waals surface area contributed by atoms with E-state index in [1.54, 1.807) is 0 Å². The Bertz CT molecular complexity index is 1700. The minimum atomic E-state index is -1.78. The molecule has 14 heteroatoms. The first-order valence-corrected chi connectivity index (χ1v) is 41.6. The highest BCUT2D eigenvalue weighted by Crippen LogP contribution is 2.31.